The van der Waals surface area contributed by atoms with Crippen LogP contribution in [0.5, 0.6) is 0 Å². The minimum Gasteiger partial charge on any atom is -0.297 e. The first kappa shape index (κ1) is 12.6. The van der Waals surface area contributed by atoms with Crippen molar-refractivity contribution in [2.75, 3.05) is 18.4 Å². The van der Waals surface area contributed by atoms with Gasteiger partial charge in [0.25, 0.3) is 0 Å². The van der Waals surface area contributed by atoms with E-state index in [0.29, 0.717) is 0 Å². The average Bonchev–Trinajstić information content (AvgIpc) is 2.90. The summed E-state index contributed by atoms with van der Waals surface area (Å²) < 4.78 is 2.12. The Bertz CT molecular complexity index is 477. The van der Waals surface area contributed by atoms with E-state index in [9.17, 15) is 0 Å². The number of hydrogen-bond acceptors (Lipinski definition) is 3. The van der Waals surface area contributed by atoms with Crippen LogP contribution in [0.15, 0.2) is 17.8 Å². The highest BCUT2D eigenvalue weighted by molar-refractivity contribution is 9.09. The number of halogens is 1. The molecule has 18 heavy (non-hydrogen) atoms. The van der Waals surface area contributed by atoms with Gasteiger partial charge in [-0.05, 0) is 31.7 Å². The van der Waals surface area contributed by atoms with Crippen LogP contribution in [-0.2, 0) is 6.54 Å². The van der Waals surface area contributed by atoms with Crippen molar-refractivity contribution >= 4 is 32.2 Å². The molecule has 0 spiro atoms. The van der Waals surface area contributed by atoms with E-state index in [0.717, 1.165) is 22.8 Å². The third-order valence-electron chi connectivity index (χ3n) is 3.65. The van der Waals surface area contributed by atoms with Gasteiger partial charge in [0.15, 0.2) is 4.96 Å². The lowest BCUT2D eigenvalue weighted by Crippen LogP contribution is -2.35. The zero-order valence-electron chi connectivity index (χ0n) is 10.4. The summed E-state index contributed by atoms with van der Waals surface area (Å²) in [5, 5.41) is 3.21. The number of thiazole rings is 1. The average molecular weight is 328 g/mol. The molecule has 2 aromatic heterocycles. The molecule has 1 fully saturated rings. The molecule has 0 bridgehead atoms. The second-order valence-electron chi connectivity index (χ2n) is 5.05. The fraction of sp³-hybridized carbons (Fsp3) is 0.615. The van der Waals surface area contributed by atoms with Gasteiger partial charge in [0, 0.05) is 36.2 Å². The number of hydrogen-bond donors (Lipinski definition) is 0. The first-order chi connectivity index (χ1) is 8.85. The zero-order chi connectivity index (χ0) is 12.4. The molecular formula is C13H18BrN3S. The van der Waals surface area contributed by atoms with Crippen LogP contribution in [0.2, 0.25) is 0 Å². The lowest BCUT2D eigenvalue weighted by Gasteiger charge is -2.31. The van der Waals surface area contributed by atoms with E-state index >= 15 is 0 Å². The monoisotopic (exact) mass is 327 g/mol. The van der Waals surface area contributed by atoms with Crippen molar-refractivity contribution in [1.82, 2.24) is 14.3 Å². The van der Waals surface area contributed by atoms with Crippen molar-refractivity contribution in [3.63, 3.8) is 0 Å². The van der Waals surface area contributed by atoms with Crippen LogP contribution in [0.25, 0.3) is 4.96 Å². The van der Waals surface area contributed by atoms with Gasteiger partial charge in [0.1, 0.15) is 0 Å². The summed E-state index contributed by atoms with van der Waals surface area (Å²) in [6, 6.07) is 0. The van der Waals surface area contributed by atoms with Gasteiger partial charge < -0.3 is 0 Å². The summed E-state index contributed by atoms with van der Waals surface area (Å²) in [5.74, 6) is 0.863. The van der Waals surface area contributed by atoms with Gasteiger partial charge in [-0.1, -0.05) is 15.9 Å². The summed E-state index contributed by atoms with van der Waals surface area (Å²) in [7, 11) is 0. The molecule has 3 rings (SSSR count). The van der Waals surface area contributed by atoms with Gasteiger partial charge in [-0.25, -0.2) is 4.98 Å². The highest BCUT2D eigenvalue weighted by atomic mass is 79.9. The molecule has 3 nitrogen and oxygen atoms in total. The number of aromatic nitrogens is 2. The Kier molecular flexibility index (Phi) is 4.01. The molecule has 0 amide bonds. The van der Waals surface area contributed by atoms with E-state index in [4.69, 9.17) is 0 Å². The SMILES string of the molecule is BrCCC1CCCN(Cc2cn3ccsc3n2)C1. The Balaban J connectivity index is 1.63. The molecule has 0 N–H and O–H groups in total. The summed E-state index contributed by atoms with van der Waals surface area (Å²) in [6.07, 6.45) is 8.27. The van der Waals surface area contributed by atoms with Gasteiger partial charge in [-0.15, -0.1) is 11.3 Å². The topological polar surface area (TPSA) is 20.5 Å². The number of likely N-dealkylation sites (tertiary alicyclic amines) is 1. The van der Waals surface area contributed by atoms with Crippen molar-refractivity contribution in [3.05, 3.63) is 23.5 Å². The number of alkyl halides is 1. The van der Waals surface area contributed by atoms with Crippen molar-refractivity contribution in [3.8, 4) is 0 Å². The Labute approximate surface area is 120 Å². The van der Waals surface area contributed by atoms with Crippen molar-refractivity contribution in [1.29, 1.82) is 0 Å². The van der Waals surface area contributed by atoms with E-state index < -0.39 is 0 Å². The first-order valence-corrected chi connectivity index (χ1v) is 8.54. The smallest absolute Gasteiger partial charge is 0.193 e. The van der Waals surface area contributed by atoms with E-state index in [1.165, 1.54) is 38.0 Å². The molecule has 1 unspecified atom stereocenters. The normalized spacial score (nSPS) is 21.7. The highest BCUT2D eigenvalue weighted by Crippen LogP contribution is 2.22. The molecule has 1 atom stereocenters. The van der Waals surface area contributed by atoms with E-state index in [1.54, 1.807) is 11.3 Å². The Morgan fingerprint density at radius 1 is 1.50 bits per heavy atom. The molecule has 2 aromatic rings. The maximum absolute atomic E-state index is 4.67. The molecule has 0 aromatic carbocycles. The molecule has 3 heterocycles. The van der Waals surface area contributed by atoms with Crippen LogP contribution in [0.4, 0.5) is 0 Å². The number of fused-ring (bicyclic) bond motifs is 1. The maximum atomic E-state index is 4.67. The molecule has 0 saturated carbocycles. The largest absolute Gasteiger partial charge is 0.297 e. The lowest BCUT2D eigenvalue weighted by molar-refractivity contribution is 0.164. The maximum Gasteiger partial charge on any atom is 0.193 e. The molecule has 1 aliphatic rings. The molecule has 5 heteroatoms. The van der Waals surface area contributed by atoms with E-state index in [-0.39, 0.29) is 0 Å². The number of imidazole rings is 1. The summed E-state index contributed by atoms with van der Waals surface area (Å²) in [5.41, 5.74) is 1.21. The van der Waals surface area contributed by atoms with Gasteiger partial charge in [-0.2, -0.15) is 0 Å². The Hall–Kier alpha value is -0.390. The number of rotatable bonds is 4. The third-order valence-corrected chi connectivity index (χ3v) is 4.88. The standard InChI is InChI=1S/C13H18BrN3S/c14-4-3-11-2-1-5-16(8-11)9-12-10-17-6-7-18-13(17)15-12/h6-7,10-11H,1-5,8-9H2. The molecule has 98 valence electrons. The molecule has 0 radical (unpaired) electrons. The van der Waals surface area contributed by atoms with E-state index in [1.807, 2.05) is 0 Å². The Morgan fingerprint density at radius 2 is 2.44 bits per heavy atom. The molecular weight excluding hydrogens is 310 g/mol. The fourth-order valence-electron chi connectivity index (χ4n) is 2.77. The van der Waals surface area contributed by atoms with E-state index in [2.05, 4.69) is 48.0 Å². The minimum atomic E-state index is 0.863. The van der Waals surface area contributed by atoms with Crippen molar-refractivity contribution in [2.24, 2.45) is 5.92 Å². The fourth-order valence-corrected chi connectivity index (χ4v) is 4.13. The van der Waals surface area contributed by atoms with Gasteiger partial charge >= 0.3 is 0 Å². The summed E-state index contributed by atoms with van der Waals surface area (Å²) >= 11 is 5.26. The lowest BCUT2D eigenvalue weighted by atomic mass is 9.95. The first-order valence-electron chi connectivity index (χ1n) is 6.54. The number of nitrogens with zero attached hydrogens (tertiary/aromatic N) is 3. The molecule has 1 aliphatic heterocycles. The second kappa shape index (κ2) is 5.72. The summed E-state index contributed by atoms with van der Waals surface area (Å²) in [6.45, 7) is 3.47. The molecule has 0 aliphatic carbocycles. The van der Waals surface area contributed by atoms with Crippen molar-refractivity contribution < 1.29 is 0 Å². The van der Waals surface area contributed by atoms with Crippen LogP contribution in [-0.4, -0.2) is 32.7 Å². The summed E-state index contributed by atoms with van der Waals surface area (Å²) in [4.78, 5) is 8.34. The quantitative estimate of drug-likeness (QED) is 0.802. The third kappa shape index (κ3) is 2.78. The van der Waals surface area contributed by atoms with Gasteiger partial charge in [-0.3, -0.25) is 9.30 Å². The van der Waals surface area contributed by atoms with Gasteiger partial charge in [0.2, 0.25) is 0 Å². The second-order valence-corrected chi connectivity index (χ2v) is 6.71. The van der Waals surface area contributed by atoms with Crippen LogP contribution in [0.3, 0.4) is 0 Å². The van der Waals surface area contributed by atoms with Crippen molar-refractivity contribution in [2.45, 2.75) is 25.8 Å². The van der Waals surface area contributed by atoms with Crippen LogP contribution < -0.4 is 0 Å². The number of piperidine rings is 1. The van der Waals surface area contributed by atoms with Crippen LogP contribution in [0, 0.1) is 5.92 Å². The van der Waals surface area contributed by atoms with Gasteiger partial charge in [0.05, 0.1) is 5.69 Å². The van der Waals surface area contributed by atoms with Crippen LogP contribution >= 0.6 is 27.3 Å². The van der Waals surface area contributed by atoms with Crippen LogP contribution in [0.1, 0.15) is 25.0 Å². The highest BCUT2D eigenvalue weighted by Gasteiger charge is 2.20. The Morgan fingerprint density at radius 3 is 3.28 bits per heavy atom. The predicted octanol–water partition coefficient (Wildman–Crippen LogP) is 3.39. The zero-order valence-corrected chi connectivity index (χ0v) is 12.8. The predicted molar refractivity (Wildman–Crippen MR) is 79.5 cm³/mol. The molecule has 1 saturated heterocycles. The minimum absolute atomic E-state index is 0.863.